The van der Waals surface area contributed by atoms with Gasteiger partial charge in [-0.1, -0.05) is 174 Å². The maximum Gasteiger partial charge on any atom is 0.135 e. The smallest absolute Gasteiger partial charge is 0.135 e. The van der Waals surface area contributed by atoms with E-state index in [0.29, 0.717) is 11.5 Å². The van der Waals surface area contributed by atoms with E-state index in [0.717, 1.165) is 67.2 Å². The molecular weight excluding hydrogens is 1070 g/mol. The number of para-hydroxylation sites is 3. The van der Waals surface area contributed by atoms with E-state index in [4.69, 9.17) is 9.72 Å². The zero-order valence-electron chi connectivity index (χ0n) is 40.5. The Bertz CT molecular complexity index is 3770. The number of aromatic nitrogens is 2. The second-order valence-electron chi connectivity index (χ2n) is 20.2. The van der Waals surface area contributed by atoms with Crippen LogP contribution in [-0.2, 0) is 31.9 Å². The van der Waals surface area contributed by atoms with Crippen LogP contribution in [0.1, 0.15) is 52.7 Å². The van der Waals surface area contributed by atoms with Crippen molar-refractivity contribution in [3.05, 3.63) is 224 Å². The van der Waals surface area contributed by atoms with Gasteiger partial charge in [-0.2, -0.15) is 12.1 Å². The standard InChI is InChI=1S/C64H51N4OS.Pt/c1-63(2,3)46-31-29-43(30-32-46)51-24-16-25-52(45-20-14-19-44(37-45)42-17-8-7-9-18-42)60(51)67-41-66(55-26-11-12-27-56(55)67)48-21-15-22-49(39-48)69-50-33-34-53-57(40-50)68(59-38-47(35-36-65-59)64(4,5)6)61-54-23-10-13-28-58(54)70-62(53)61;/h7-38,41H,1-6H3;/q-3;. The third-order valence-electron chi connectivity index (χ3n) is 13.5. The van der Waals surface area contributed by atoms with Crippen LogP contribution in [0.25, 0.3) is 70.4 Å². The van der Waals surface area contributed by atoms with E-state index in [2.05, 4.69) is 245 Å². The van der Waals surface area contributed by atoms with Crippen LogP contribution in [0.4, 0.5) is 22.7 Å². The van der Waals surface area contributed by atoms with Crippen LogP contribution >= 0.6 is 11.3 Å². The van der Waals surface area contributed by atoms with E-state index in [9.17, 15) is 0 Å². The van der Waals surface area contributed by atoms with Crippen LogP contribution in [-0.4, -0.2) is 9.55 Å². The van der Waals surface area contributed by atoms with Gasteiger partial charge in [-0.15, -0.1) is 54.0 Å². The summed E-state index contributed by atoms with van der Waals surface area (Å²) in [7, 11) is 0. The van der Waals surface area contributed by atoms with Crippen LogP contribution in [0.2, 0.25) is 0 Å². The first kappa shape index (κ1) is 46.2. The van der Waals surface area contributed by atoms with Crippen LogP contribution in [0.5, 0.6) is 11.5 Å². The Morgan fingerprint density at radius 2 is 1.17 bits per heavy atom. The molecule has 11 aromatic rings. The van der Waals surface area contributed by atoms with E-state index in [1.165, 1.54) is 37.0 Å². The Morgan fingerprint density at radius 3 is 1.94 bits per heavy atom. The van der Waals surface area contributed by atoms with Crippen LogP contribution in [0.3, 0.4) is 0 Å². The molecule has 1 aliphatic heterocycles. The molecule has 352 valence electrons. The zero-order chi connectivity index (χ0) is 47.7. The molecule has 5 nitrogen and oxygen atoms in total. The van der Waals surface area contributed by atoms with Gasteiger partial charge in [-0.3, -0.25) is 0 Å². The predicted octanol–water partition coefficient (Wildman–Crippen LogP) is 17.8. The molecule has 0 radical (unpaired) electrons. The summed E-state index contributed by atoms with van der Waals surface area (Å²) < 4.78 is 11.5. The third-order valence-corrected chi connectivity index (χ3v) is 14.7. The van der Waals surface area contributed by atoms with Crippen molar-refractivity contribution in [2.45, 2.75) is 52.4 Å². The first-order valence-corrected chi connectivity index (χ1v) is 24.8. The van der Waals surface area contributed by atoms with E-state index >= 15 is 0 Å². The van der Waals surface area contributed by atoms with Gasteiger partial charge >= 0.3 is 0 Å². The molecule has 0 unspecified atom stereocenters. The largest absolute Gasteiger partial charge is 0.509 e. The number of thiophene rings is 1. The van der Waals surface area contributed by atoms with E-state index in [-0.39, 0.29) is 31.9 Å². The van der Waals surface area contributed by atoms with Gasteiger partial charge in [0.2, 0.25) is 0 Å². The molecule has 0 saturated carbocycles. The molecule has 3 aromatic heterocycles. The summed E-state index contributed by atoms with van der Waals surface area (Å²) in [5.74, 6) is 2.06. The summed E-state index contributed by atoms with van der Waals surface area (Å²) in [6, 6.07) is 74.5. The quantitative estimate of drug-likeness (QED) is 0.142. The first-order valence-electron chi connectivity index (χ1n) is 23.9. The van der Waals surface area contributed by atoms with Crippen molar-refractivity contribution in [1.82, 2.24) is 9.55 Å². The molecule has 0 amide bonds. The molecular formula is C64H51N4OPtS-3. The van der Waals surface area contributed by atoms with Gasteiger partial charge in [0.25, 0.3) is 0 Å². The summed E-state index contributed by atoms with van der Waals surface area (Å²) in [5.41, 5.74) is 15.6. The Kier molecular flexibility index (Phi) is 11.8. The summed E-state index contributed by atoms with van der Waals surface area (Å²) in [5, 5.41) is 2.31. The Morgan fingerprint density at radius 1 is 0.521 bits per heavy atom. The summed E-state index contributed by atoms with van der Waals surface area (Å²) in [4.78, 5) is 9.53. The van der Waals surface area contributed by atoms with Crippen molar-refractivity contribution < 1.29 is 25.8 Å². The van der Waals surface area contributed by atoms with E-state index in [1.807, 2.05) is 24.4 Å². The minimum atomic E-state index is -0.0435. The van der Waals surface area contributed by atoms with Crippen molar-refractivity contribution >= 4 is 65.3 Å². The SMILES string of the molecule is CC(C)(C)c1ccc(-c2cccc(-c3cccc(-c4ccccc4)c3)c2N2[CH-]N(c3[c-]c(Oc4[c-]c5c(cc4)c4sc6ccccc6c4n5-c4cc(C(C)(C)C)ccn4)ccc3)c3ccccc32)cc1.[Pt]. The molecule has 0 saturated heterocycles. The molecule has 0 spiro atoms. The number of anilines is 4. The first-order chi connectivity index (χ1) is 34.0. The van der Waals surface area contributed by atoms with Crippen LogP contribution < -0.4 is 14.5 Å². The number of ether oxygens (including phenoxy) is 1. The van der Waals surface area contributed by atoms with Crippen LogP contribution in [0, 0.1) is 18.8 Å². The molecule has 8 aromatic carbocycles. The number of hydrogen-bond acceptors (Lipinski definition) is 5. The monoisotopic (exact) mass is 1120 g/mol. The van der Waals surface area contributed by atoms with Gasteiger partial charge in [0.15, 0.2) is 0 Å². The van der Waals surface area contributed by atoms with Crippen molar-refractivity contribution in [2.75, 3.05) is 9.80 Å². The number of nitrogens with zero attached hydrogens (tertiary/aromatic N) is 4. The molecule has 7 heteroatoms. The topological polar surface area (TPSA) is 33.5 Å². The average Bonchev–Trinajstić information content (AvgIpc) is 4.05. The minimum Gasteiger partial charge on any atom is -0.509 e. The number of fused-ring (bicyclic) bond motifs is 6. The van der Waals surface area contributed by atoms with E-state index < -0.39 is 0 Å². The number of benzene rings is 8. The number of rotatable bonds is 8. The van der Waals surface area contributed by atoms with Crippen LogP contribution in [0.15, 0.2) is 194 Å². The van der Waals surface area contributed by atoms with Gasteiger partial charge in [0.05, 0.1) is 5.52 Å². The number of pyridine rings is 1. The maximum atomic E-state index is 6.75. The second-order valence-corrected chi connectivity index (χ2v) is 21.2. The van der Waals surface area contributed by atoms with Crippen molar-refractivity contribution in [3.63, 3.8) is 0 Å². The molecule has 1 aliphatic rings. The molecule has 12 rings (SSSR count). The Hall–Kier alpha value is -7.24. The normalized spacial score (nSPS) is 12.7. The summed E-state index contributed by atoms with van der Waals surface area (Å²) in [6.45, 7) is 15.7. The summed E-state index contributed by atoms with van der Waals surface area (Å²) in [6.07, 6.45) is 1.92. The average molecular weight is 1120 g/mol. The molecule has 0 N–H and O–H groups in total. The van der Waals surface area contributed by atoms with E-state index in [1.54, 1.807) is 11.3 Å². The molecule has 71 heavy (non-hydrogen) atoms. The van der Waals surface area contributed by atoms with Gasteiger partial charge < -0.3 is 19.1 Å². The minimum absolute atomic E-state index is 0. The number of hydrogen-bond donors (Lipinski definition) is 0. The fourth-order valence-electron chi connectivity index (χ4n) is 9.82. The second kappa shape index (κ2) is 18.2. The zero-order valence-corrected chi connectivity index (χ0v) is 43.6. The van der Waals surface area contributed by atoms with Gasteiger partial charge in [-0.05, 0) is 80.6 Å². The predicted molar refractivity (Wildman–Crippen MR) is 293 cm³/mol. The summed E-state index contributed by atoms with van der Waals surface area (Å²) >= 11 is 1.81. The van der Waals surface area contributed by atoms with Gasteiger partial charge in [0.1, 0.15) is 5.82 Å². The maximum absolute atomic E-state index is 6.75. The molecule has 0 atom stereocenters. The molecule has 4 heterocycles. The van der Waals surface area contributed by atoms with Gasteiger partial charge in [0, 0.05) is 81.7 Å². The van der Waals surface area contributed by atoms with Crippen molar-refractivity contribution in [3.8, 4) is 50.7 Å². The molecule has 0 fully saturated rings. The fourth-order valence-corrected chi connectivity index (χ4v) is 11.0. The Balaban J connectivity index is 0.00000547. The molecule has 0 aliphatic carbocycles. The van der Waals surface area contributed by atoms with Crippen molar-refractivity contribution in [2.24, 2.45) is 0 Å². The third kappa shape index (κ3) is 8.43. The van der Waals surface area contributed by atoms with Gasteiger partial charge in [-0.25, -0.2) is 4.98 Å². The fraction of sp³-hybridized carbons (Fsp3) is 0.125. The Labute approximate surface area is 434 Å². The molecule has 0 bridgehead atoms. The van der Waals surface area contributed by atoms with Crippen molar-refractivity contribution in [1.29, 1.82) is 0 Å².